The van der Waals surface area contributed by atoms with Gasteiger partial charge in [0, 0.05) is 24.9 Å². The number of likely N-dealkylation sites (tertiary alicyclic amines) is 1. The Bertz CT molecular complexity index is 613. The van der Waals surface area contributed by atoms with Gasteiger partial charge in [0.1, 0.15) is 0 Å². The van der Waals surface area contributed by atoms with Gasteiger partial charge in [-0.15, -0.1) is 0 Å². The van der Waals surface area contributed by atoms with Crippen molar-refractivity contribution in [3.8, 4) is 11.5 Å². The first-order chi connectivity index (χ1) is 11.2. The average molecular weight is 318 g/mol. The van der Waals surface area contributed by atoms with Gasteiger partial charge < -0.3 is 24.4 Å². The van der Waals surface area contributed by atoms with Crippen LogP contribution < -0.4 is 14.8 Å². The molecule has 1 N–H and O–H groups in total. The number of carbonyl (C=O) groups excluding carboxylic acids is 1. The second-order valence-corrected chi connectivity index (χ2v) is 6.40. The molecule has 0 aromatic heterocycles. The summed E-state index contributed by atoms with van der Waals surface area (Å²) in [5.41, 5.74) is 1.74. The van der Waals surface area contributed by atoms with E-state index in [-0.39, 0.29) is 25.0 Å². The Morgan fingerprint density at radius 2 is 2.04 bits per heavy atom. The standard InChI is InChI=1S/C17H22N2O4/c1-11-8-15-16(23-10-22-15)9-12(11)18-17(20)19-6-2-4-13(19)14-5-3-7-21-14/h8-9,13-14H,2-7,10H2,1H3,(H,18,20). The van der Waals surface area contributed by atoms with Crippen LogP contribution in [0, 0.1) is 6.92 Å². The third-order valence-corrected chi connectivity index (χ3v) is 4.92. The predicted molar refractivity (Wildman–Crippen MR) is 85.0 cm³/mol. The van der Waals surface area contributed by atoms with Crippen LogP contribution in [0.25, 0.3) is 0 Å². The molecule has 0 saturated carbocycles. The fourth-order valence-electron chi connectivity index (χ4n) is 3.70. The summed E-state index contributed by atoms with van der Waals surface area (Å²) in [7, 11) is 0. The van der Waals surface area contributed by atoms with Gasteiger partial charge in [0.05, 0.1) is 12.1 Å². The molecule has 0 radical (unpaired) electrons. The molecule has 2 unspecified atom stereocenters. The number of fused-ring (bicyclic) bond motifs is 1. The number of ether oxygens (including phenoxy) is 3. The second-order valence-electron chi connectivity index (χ2n) is 6.40. The van der Waals surface area contributed by atoms with E-state index in [0.29, 0.717) is 5.75 Å². The Morgan fingerprint density at radius 1 is 1.22 bits per heavy atom. The van der Waals surface area contributed by atoms with Crippen LogP contribution in [-0.4, -0.2) is 43.0 Å². The number of aryl methyl sites for hydroxylation is 1. The fourth-order valence-corrected chi connectivity index (χ4v) is 3.70. The molecule has 3 heterocycles. The summed E-state index contributed by atoms with van der Waals surface area (Å²) >= 11 is 0. The SMILES string of the molecule is Cc1cc2c(cc1NC(=O)N1CCCC1C1CCCO1)OCO2. The second kappa shape index (κ2) is 5.92. The summed E-state index contributed by atoms with van der Waals surface area (Å²) in [6.07, 6.45) is 4.41. The fraction of sp³-hybridized carbons (Fsp3) is 0.588. The van der Waals surface area contributed by atoms with E-state index < -0.39 is 0 Å². The largest absolute Gasteiger partial charge is 0.454 e. The number of anilines is 1. The highest BCUT2D eigenvalue weighted by atomic mass is 16.7. The van der Waals surface area contributed by atoms with Crippen LogP contribution in [0.2, 0.25) is 0 Å². The lowest BCUT2D eigenvalue weighted by Crippen LogP contribution is -2.44. The molecule has 4 rings (SSSR count). The van der Waals surface area contributed by atoms with Crippen LogP contribution in [0.3, 0.4) is 0 Å². The number of benzene rings is 1. The van der Waals surface area contributed by atoms with E-state index in [0.717, 1.165) is 55.8 Å². The van der Waals surface area contributed by atoms with Gasteiger partial charge in [-0.2, -0.15) is 0 Å². The molecular weight excluding hydrogens is 296 g/mol. The molecule has 2 saturated heterocycles. The van der Waals surface area contributed by atoms with Crippen molar-refractivity contribution in [3.63, 3.8) is 0 Å². The zero-order valence-corrected chi connectivity index (χ0v) is 13.3. The van der Waals surface area contributed by atoms with E-state index in [4.69, 9.17) is 14.2 Å². The summed E-state index contributed by atoms with van der Waals surface area (Å²) in [6.45, 7) is 3.80. The monoisotopic (exact) mass is 318 g/mol. The zero-order chi connectivity index (χ0) is 15.8. The highest BCUT2D eigenvalue weighted by Crippen LogP contribution is 2.37. The van der Waals surface area contributed by atoms with E-state index in [1.165, 1.54) is 0 Å². The van der Waals surface area contributed by atoms with Crippen LogP contribution >= 0.6 is 0 Å². The highest BCUT2D eigenvalue weighted by molar-refractivity contribution is 5.91. The number of rotatable bonds is 2. The van der Waals surface area contributed by atoms with Crippen LogP contribution in [0.1, 0.15) is 31.2 Å². The molecule has 3 aliphatic heterocycles. The van der Waals surface area contributed by atoms with Gasteiger partial charge >= 0.3 is 6.03 Å². The van der Waals surface area contributed by atoms with Crippen molar-refractivity contribution in [2.75, 3.05) is 25.3 Å². The van der Waals surface area contributed by atoms with Crippen molar-refractivity contribution < 1.29 is 19.0 Å². The molecule has 1 aromatic carbocycles. The average Bonchev–Trinajstić information content (AvgIpc) is 3.27. The summed E-state index contributed by atoms with van der Waals surface area (Å²) in [5.74, 6) is 1.42. The zero-order valence-electron chi connectivity index (χ0n) is 13.3. The van der Waals surface area contributed by atoms with E-state index in [2.05, 4.69) is 5.32 Å². The minimum absolute atomic E-state index is 0.0510. The normalized spacial score (nSPS) is 25.9. The summed E-state index contributed by atoms with van der Waals surface area (Å²) in [6, 6.07) is 3.89. The molecule has 23 heavy (non-hydrogen) atoms. The Hall–Kier alpha value is -1.95. The van der Waals surface area contributed by atoms with E-state index in [9.17, 15) is 4.79 Å². The summed E-state index contributed by atoms with van der Waals surface area (Å²) in [4.78, 5) is 14.7. The molecule has 1 aromatic rings. The molecule has 2 fully saturated rings. The minimum Gasteiger partial charge on any atom is -0.454 e. The number of hydrogen-bond acceptors (Lipinski definition) is 4. The molecular formula is C17H22N2O4. The van der Waals surface area contributed by atoms with Crippen molar-refractivity contribution >= 4 is 11.7 Å². The Morgan fingerprint density at radius 3 is 2.83 bits per heavy atom. The molecule has 6 nitrogen and oxygen atoms in total. The molecule has 0 spiro atoms. The Kier molecular flexibility index (Phi) is 3.77. The van der Waals surface area contributed by atoms with Crippen LogP contribution in [0.4, 0.5) is 10.5 Å². The number of nitrogens with one attached hydrogen (secondary N) is 1. The van der Waals surface area contributed by atoms with Gasteiger partial charge in [-0.3, -0.25) is 0 Å². The first-order valence-corrected chi connectivity index (χ1v) is 8.32. The molecule has 3 aliphatic rings. The molecule has 2 amide bonds. The number of urea groups is 1. The maximum absolute atomic E-state index is 12.7. The molecule has 124 valence electrons. The third kappa shape index (κ3) is 2.72. The van der Waals surface area contributed by atoms with Gasteiger partial charge in [0.2, 0.25) is 6.79 Å². The Labute approximate surface area is 135 Å². The topological polar surface area (TPSA) is 60.0 Å². The van der Waals surface area contributed by atoms with E-state index >= 15 is 0 Å². The summed E-state index contributed by atoms with van der Waals surface area (Å²) < 4.78 is 16.6. The van der Waals surface area contributed by atoms with Gasteiger partial charge in [0.15, 0.2) is 11.5 Å². The lowest BCUT2D eigenvalue weighted by molar-refractivity contribution is 0.0543. The van der Waals surface area contributed by atoms with Crippen molar-refractivity contribution in [1.82, 2.24) is 4.90 Å². The van der Waals surface area contributed by atoms with Crippen LogP contribution in [-0.2, 0) is 4.74 Å². The van der Waals surface area contributed by atoms with Crippen molar-refractivity contribution in [3.05, 3.63) is 17.7 Å². The first kappa shape index (κ1) is 14.6. The van der Waals surface area contributed by atoms with Crippen molar-refractivity contribution in [2.45, 2.75) is 44.8 Å². The maximum Gasteiger partial charge on any atom is 0.322 e. The molecule has 0 bridgehead atoms. The third-order valence-electron chi connectivity index (χ3n) is 4.92. The number of carbonyl (C=O) groups is 1. The Balaban J connectivity index is 1.49. The van der Waals surface area contributed by atoms with Gasteiger partial charge in [-0.25, -0.2) is 4.79 Å². The van der Waals surface area contributed by atoms with Crippen LogP contribution in [0.15, 0.2) is 12.1 Å². The van der Waals surface area contributed by atoms with E-state index in [1.54, 1.807) is 0 Å². The molecule has 6 heteroatoms. The lowest BCUT2D eigenvalue weighted by atomic mass is 10.1. The quantitative estimate of drug-likeness (QED) is 0.911. The number of hydrogen-bond donors (Lipinski definition) is 1. The maximum atomic E-state index is 12.7. The minimum atomic E-state index is -0.0510. The number of amides is 2. The van der Waals surface area contributed by atoms with Gasteiger partial charge in [-0.1, -0.05) is 0 Å². The lowest BCUT2D eigenvalue weighted by Gasteiger charge is -2.29. The first-order valence-electron chi connectivity index (χ1n) is 8.32. The predicted octanol–water partition coefficient (Wildman–Crippen LogP) is 2.90. The summed E-state index contributed by atoms with van der Waals surface area (Å²) in [5, 5.41) is 3.03. The van der Waals surface area contributed by atoms with Crippen molar-refractivity contribution in [1.29, 1.82) is 0 Å². The van der Waals surface area contributed by atoms with Crippen molar-refractivity contribution in [2.24, 2.45) is 0 Å². The van der Waals surface area contributed by atoms with Crippen LogP contribution in [0.5, 0.6) is 11.5 Å². The van der Waals surface area contributed by atoms with Gasteiger partial charge in [-0.05, 0) is 44.2 Å². The molecule has 2 atom stereocenters. The smallest absolute Gasteiger partial charge is 0.322 e. The number of nitrogens with zero attached hydrogens (tertiary/aromatic N) is 1. The molecule has 0 aliphatic carbocycles. The highest BCUT2D eigenvalue weighted by Gasteiger charge is 2.37. The van der Waals surface area contributed by atoms with E-state index in [1.807, 2.05) is 24.0 Å². The van der Waals surface area contributed by atoms with Gasteiger partial charge in [0.25, 0.3) is 0 Å².